The highest BCUT2D eigenvalue weighted by Gasteiger charge is 2.28. The van der Waals surface area contributed by atoms with Crippen molar-refractivity contribution in [2.24, 2.45) is 0 Å². The van der Waals surface area contributed by atoms with Crippen molar-refractivity contribution in [2.75, 3.05) is 53.4 Å². The summed E-state index contributed by atoms with van der Waals surface area (Å²) in [5.41, 5.74) is 0. The Morgan fingerprint density at radius 2 is 1.18 bits per heavy atom. The molecule has 170 valence electrons. The highest BCUT2D eigenvalue weighted by molar-refractivity contribution is 7.51. The standard InChI is InChI=1S/C14H32O12P2/c1-11(5-15)25-13(7-21-3)9-23-28(19,20)24-10-14(26-12(2)6-16)8-22-27(4,17)18/h11-16H,5-10H2,1-4H3,(H,17,18)(H,19,20)/t11-,12-,13+,14-/m0/s1. The van der Waals surface area contributed by atoms with Gasteiger partial charge in [0.25, 0.3) is 0 Å². The van der Waals surface area contributed by atoms with Gasteiger partial charge in [-0.05, 0) is 13.8 Å². The second-order valence-electron chi connectivity index (χ2n) is 6.12. The molecule has 14 heteroatoms. The Balaban J connectivity index is 4.68. The van der Waals surface area contributed by atoms with Crippen LogP contribution in [0.3, 0.4) is 0 Å². The van der Waals surface area contributed by atoms with E-state index < -0.39 is 53.0 Å². The molecule has 0 heterocycles. The van der Waals surface area contributed by atoms with Gasteiger partial charge in [0, 0.05) is 13.8 Å². The van der Waals surface area contributed by atoms with Crippen molar-refractivity contribution in [1.82, 2.24) is 0 Å². The minimum atomic E-state index is -4.52. The molecule has 0 radical (unpaired) electrons. The van der Waals surface area contributed by atoms with Gasteiger partial charge >= 0.3 is 15.4 Å². The number of rotatable bonds is 17. The number of ether oxygens (including phenoxy) is 3. The summed E-state index contributed by atoms with van der Waals surface area (Å²) in [6.07, 6.45) is -2.92. The van der Waals surface area contributed by atoms with Crippen molar-refractivity contribution in [3.05, 3.63) is 0 Å². The summed E-state index contributed by atoms with van der Waals surface area (Å²) in [4.78, 5) is 19.0. The third-order valence-corrected chi connectivity index (χ3v) is 4.64. The Morgan fingerprint density at radius 3 is 1.54 bits per heavy atom. The van der Waals surface area contributed by atoms with Crippen molar-refractivity contribution in [2.45, 2.75) is 38.3 Å². The minimum Gasteiger partial charge on any atom is -0.394 e. The molecule has 0 aliphatic heterocycles. The predicted molar refractivity (Wildman–Crippen MR) is 98.1 cm³/mol. The number of methoxy groups -OCH3 is 1. The lowest BCUT2D eigenvalue weighted by atomic mass is 10.3. The Bertz CT molecular complexity index is 499. The van der Waals surface area contributed by atoms with Crippen LogP contribution >= 0.6 is 15.4 Å². The second-order valence-corrected chi connectivity index (χ2v) is 9.43. The first kappa shape index (κ1) is 28.1. The molecule has 4 N–H and O–H groups in total. The maximum absolute atomic E-state index is 12.1. The largest absolute Gasteiger partial charge is 0.472 e. The summed E-state index contributed by atoms with van der Waals surface area (Å²) in [6.45, 7) is 2.33. The SMILES string of the molecule is COC[C@H](COP(=O)(O)OC[C@H](COP(C)(=O)O)O[C@@H](C)CO)O[C@@H](C)CO. The van der Waals surface area contributed by atoms with Gasteiger partial charge in [-0.1, -0.05) is 0 Å². The van der Waals surface area contributed by atoms with Crippen LogP contribution in [0, 0.1) is 0 Å². The molecule has 0 rings (SSSR count). The number of phosphoric acid groups is 1. The molecule has 0 bridgehead atoms. The zero-order chi connectivity index (χ0) is 21.8. The summed E-state index contributed by atoms with van der Waals surface area (Å²) < 4.78 is 53.4. The van der Waals surface area contributed by atoms with Gasteiger partial charge in [0.1, 0.15) is 12.2 Å². The van der Waals surface area contributed by atoms with E-state index in [0.29, 0.717) is 0 Å². The summed E-state index contributed by atoms with van der Waals surface area (Å²) in [7, 11) is -6.91. The van der Waals surface area contributed by atoms with E-state index >= 15 is 0 Å². The Hall–Kier alpha value is 0.0600. The van der Waals surface area contributed by atoms with Crippen LogP contribution in [0.1, 0.15) is 13.8 Å². The monoisotopic (exact) mass is 454 g/mol. The topological polar surface area (TPSA) is 170 Å². The highest BCUT2D eigenvalue weighted by atomic mass is 31.2. The second kappa shape index (κ2) is 14.1. The van der Waals surface area contributed by atoms with Crippen LogP contribution in [-0.2, 0) is 36.9 Å². The summed E-state index contributed by atoms with van der Waals surface area (Å²) in [5, 5.41) is 18.1. The molecule has 0 aliphatic carbocycles. The van der Waals surface area contributed by atoms with Gasteiger partial charge < -0.3 is 38.7 Å². The molecular formula is C14H32O12P2. The van der Waals surface area contributed by atoms with Crippen molar-refractivity contribution < 1.29 is 56.9 Å². The van der Waals surface area contributed by atoms with Gasteiger partial charge in [0.2, 0.25) is 0 Å². The van der Waals surface area contributed by atoms with Crippen molar-refractivity contribution in [1.29, 1.82) is 0 Å². The molecule has 0 aromatic rings. The first-order chi connectivity index (χ1) is 12.9. The van der Waals surface area contributed by atoms with Gasteiger partial charge in [-0.25, -0.2) is 4.57 Å². The summed E-state index contributed by atoms with van der Waals surface area (Å²) in [5.74, 6) is 0. The lowest BCUT2D eigenvalue weighted by molar-refractivity contribution is -0.0842. The molecule has 0 aliphatic rings. The third-order valence-electron chi connectivity index (χ3n) is 3.06. The number of phosphoric ester groups is 1. The zero-order valence-electron chi connectivity index (χ0n) is 16.5. The molecule has 0 spiro atoms. The first-order valence-corrected chi connectivity index (χ1v) is 12.0. The molecule has 0 aromatic carbocycles. The molecule has 6 atom stereocenters. The number of hydrogen-bond donors (Lipinski definition) is 4. The fraction of sp³-hybridized carbons (Fsp3) is 1.00. The van der Waals surface area contributed by atoms with Gasteiger partial charge in [0.05, 0.1) is 51.8 Å². The molecule has 0 aromatic heterocycles. The molecular weight excluding hydrogens is 422 g/mol. The minimum absolute atomic E-state index is 0.0558. The van der Waals surface area contributed by atoms with E-state index in [4.69, 9.17) is 38.0 Å². The van der Waals surface area contributed by atoms with Gasteiger partial charge in [0.15, 0.2) is 0 Å². The van der Waals surface area contributed by atoms with Crippen LogP contribution in [0.5, 0.6) is 0 Å². The van der Waals surface area contributed by atoms with Crippen LogP contribution in [0.15, 0.2) is 0 Å². The van der Waals surface area contributed by atoms with Gasteiger partial charge in [-0.2, -0.15) is 0 Å². The fourth-order valence-electron chi connectivity index (χ4n) is 1.80. The van der Waals surface area contributed by atoms with Crippen molar-refractivity contribution >= 4 is 15.4 Å². The van der Waals surface area contributed by atoms with Crippen LogP contribution < -0.4 is 0 Å². The maximum Gasteiger partial charge on any atom is 0.472 e. The molecule has 28 heavy (non-hydrogen) atoms. The number of aliphatic hydroxyl groups is 2. The van der Waals surface area contributed by atoms with Crippen LogP contribution in [0.4, 0.5) is 0 Å². The quantitative estimate of drug-likeness (QED) is 0.219. The van der Waals surface area contributed by atoms with E-state index in [1.54, 1.807) is 6.92 Å². The zero-order valence-corrected chi connectivity index (χ0v) is 18.3. The lowest BCUT2D eigenvalue weighted by Gasteiger charge is -2.24. The van der Waals surface area contributed by atoms with Gasteiger partial charge in [-0.3, -0.25) is 13.6 Å². The smallest absolute Gasteiger partial charge is 0.394 e. The van der Waals surface area contributed by atoms with E-state index in [1.165, 1.54) is 14.0 Å². The summed E-state index contributed by atoms with van der Waals surface area (Å²) in [6, 6.07) is 0. The third kappa shape index (κ3) is 15.0. The molecule has 0 saturated heterocycles. The highest BCUT2D eigenvalue weighted by Crippen LogP contribution is 2.44. The molecule has 0 fully saturated rings. The van der Waals surface area contributed by atoms with E-state index in [-0.39, 0.29) is 26.4 Å². The van der Waals surface area contributed by atoms with Crippen molar-refractivity contribution in [3.8, 4) is 0 Å². The van der Waals surface area contributed by atoms with Crippen LogP contribution in [-0.4, -0.2) is 97.8 Å². The van der Waals surface area contributed by atoms with Crippen LogP contribution in [0.2, 0.25) is 0 Å². The number of aliphatic hydroxyl groups excluding tert-OH is 2. The van der Waals surface area contributed by atoms with Crippen LogP contribution in [0.25, 0.3) is 0 Å². The van der Waals surface area contributed by atoms with E-state index in [2.05, 4.69) is 0 Å². The molecule has 2 unspecified atom stereocenters. The average Bonchev–Trinajstić information content (AvgIpc) is 2.61. The maximum atomic E-state index is 12.1. The number of hydrogen-bond acceptors (Lipinski definition) is 10. The fourth-order valence-corrected chi connectivity index (χ4v) is 3.02. The normalized spacial score (nSPS) is 20.7. The molecule has 0 saturated carbocycles. The first-order valence-electron chi connectivity index (χ1n) is 8.50. The summed E-state index contributed by atoms with van der Waals surface area (Å²) >= 11 is 0. The van der Waals surface area contributed by atoms with E-state index in [0.717, 1.165) is 6.66 Å². The Morgan fingerprint density at radius 1 is 0.786 bits per heavy atom. The molecule has 0 amide bonds. The Labute approximate surface area is 164 Å². The Kier molecular flexibility index (Phi) is 14.2. The average molecular weight is 454 g/mol. The van der Waals surface area contributed by atoms with Gasteiger partial charge in [-0.15, -0.1) is 0 Å². The lowest BCUT2D eigenvalue weighted by Crippen LogP contribution is -2.31. The molecule has 12 nitrogen and oxygen atoms in total. The predicted octanol–water partition coefficient (Wildman–Crippen LogP) is 0.130. The van der Waals surface area contributed by atoms with E-state index in [9.17, 15) is 18.9 Å². The van der Waals surface area contributed by atoms with Crippen molar-refractivity contribution in [3.63, 3.8) is 0 Å². The van der Waals surface area contributed by atoms with E-state index in [1.807, 2.05) is 0 Å².